The van der Waals surface area contributed by atoms with Crippen LogP contribution < -0.4 is 0 Å². The second-order valence-electron chi connectivity index (χ2n) is 0.901. The molecular formula is C4H9S2. The molecule has 0 bridgehead atoms. The summed E-state index contributed by atoms with van der Waals surface area (Å²) in [6.07, 6.45) is 5.73. The minimum Gasteiger partial charge on any atom is -0.165 e. The molecule has 0 unspecified atom stereocenters. The van der Waals surface area contributed by atoms with Crippen LogP contribution in [0.1, 0.15) is 0 Å². The summed E-state index contributed by atoms with van der Waals surface area (Å²) in [6.45, 7) is 0. The molecule has 0 spiro atoms. The van der Waals surface area contributed by atoms with E-state index in [4.69, 9.17) is 0 Å². The van der Waals surface area contributed by atoms with Gasteiger partial charge in [-0.2, -0.15) is 23.5 Å². The van der Waals surface area contributed by atoms with Crippen molar-refractivity contribution in [3.63, 3.8) is 0 Å². The van der Waals surface area contributed by atoms with E-state index in [9.17, 15) is 0 Å². The van der Waals surface area contributed by atoms with Crippen LogP contribution in [0.15, 0.2) is 0 Å². The molecule has 37 valence electrons. The third-order valence-electron chi connectivity index (χ3n) is 0.432. The quantitative estimate of drug-likeness (QED) is 0.523. The van der Waals surface area contributed by atoms with E-state index in [2.05, 4.69) is 12.5 Å². The Bertz CT molecular complexity index is 17.5. The Labute approximate surface area is 48.1 Å². The number of hydrogen-bond acceptors (Lipinski definition) is 2. The topological polar surface area (TPSA) is 0 Å². The van der Waals surface area contributed by atoms with Crippen LogP contribution in [0.3, 0.4) is 0 Å². The van der Waals surface area contributed by atoms with E-state index in [-0.39, 0.29) is 0 Å². The molecule has 0 rings (SSSR count). The summed E-state index contributed by atoms with van der Waals surface area (Å²) < 4.78 is 0. The molecule has 0 saturated heterocycles. The fourth-order valence-corrected chi connectivity index (χ4v) is 1.28. The zero-order valence-electron chi connectivity index (χ0n) is 3.94. The predicted octanol–water partition coefficient (Wildman–Crippen LogP) is 1.87. The Balaban J connectivity index is 2.34. The lowest BCUT2D eigenvalue weighted by atomic mass is 11.0. The van der Waals surface area contributed by atoms with E-state index in [1.165, 1.54) is 11.5 Å². The SMILES string of the molecule is [CH2]SCCSC. The van der Waals surface area contributed by atoms with Gasteiger partial charge in [0.1, 0.15) is 0 Å². The molecule has 0 heterocycles. The Hall–Kier alpha value is 0.700. The Morgan fingerprint density at radius 1 is 1.50 bits per heavy atom. The van der Waals surface area contributed by atoms with Gasteiger partial charge >= 0.3 is 0 Å². The summed E-state index contributed by atoms with van der Waals surface area (Å²) in [4.78, 5) is 0. The largest absolute Gasteiger partial charge is 0.165 e. The van der Waals surface area contributed by atoms with Crippen LogP contribution in [0, 0.1) is 6.26 Å². The van der Waals surface area contributed by atoms with Crippen molar-refractivity contribution in [2.45, 2.75) is 0 Å². The van der Waals surface area contributed by atoms with Crippen molar-refractivity contribution in [1.82, 2.24) is 0 Å². The molecule has 0 aromatic carbocycles. The highest BCUT2D eigenvalue weighted by Crippen LogP contribution is 1.99. The van der Waals surface area contributed by atoms with Crippen molar-refractivity contribution in [2.24, 2.45) is 0 Å². The number of thioether (sulfide) groups is 2. The van der Waals surface area contributed by atoms with Gasteiger partial charge in [-0.15, -0.1) is 0 Å². The second kappa shape index (κ2) is 5.70. The first-order valence-corrected chi connectivity index (χ1v) is 4.32. The maximum atomic E-state index is 3.63. The smallest absolute Gasteiger partial charge is 0.00238 e. The zero-order valence-corrected chi connectivity index (χ0v) is 5.57. The number of hydrogen-bond donors (Lipinski definition) is 0. The molecule has 6 heavy (non-hydrogen) atoms. The second-order valence-corrected chi connectivity index (χ2v) is 2.70. The normalized spacial score (nSPS) is 9.00. The van der Waals surface area contributed by atoms with Gasteiger partial charge in [0.2, 0.25) is 0 Å². The highest BCUT2D eigenvalue weighted by molar-refractivity contribution is 8.03. The van der Waals surface area contributed by atoms with Gasteiger partial charge in [0.25, 0.3) is 0 Å². The van der Waals surface area contributed by atoms with Gasteiger partial charge < -0.3 is 0 Å². The number of rotatable bonds is 3. The Morgan fingerprint density at radius 2 is 2.17 bits per heavy atom. The molecule has 0 amide bonds. The highest BCUT2D eigenvalue weighted by atomic mass is 32.2. The Morgan fingerprint density at radius 3 is 2.33 bits per heavy atom. The first-order chi connectivity index (χ1) is 2.91. The average Bonchev–Trinajstić information content (AvgIpc) is 1.61. The fraction of sp³-hybridized carbons (Fsp3) is 0.750. The van der Waals surface area contributed by atoms with Gasteiger partial charge in [-0.1, -0.05) is 0 Å². The maximum Gasteiger partial charge on any atom is 0.00238 e. The van der Waals surface area contributed by atoms with Gasteiger partial charge in [0.15, 0.2) is 0 Å². The van der Waals surface area contributed by atoms with Crippen molar-refractivity contribution in [1.29, 1.82) is 0 Å². The average molecular weight is 121 g/mol. The van der Waals surface area contributed by atoms with E-state index in [1.54, 1.807) is 11.8 Å². The first-order valence-electron chi connectivity index (χ1n) is 1.77. The molecule has 0 aromatic rings. The molecule has 0 aliphatic heterocycles. The van der Waals surface area contributed by atoms with Crippen molar-refractivity contribution in [2.75, 3.05) is 17.8 Å². The molecule has 0 nitrogen and oxygen atoms in total. The molecular weight excluding hydrogens is 112 g/mol. The molecule has 0 atom stereocenters. The van der Waals surface area contributed by atoms with Crippen molar-refractivity contribution >= 4 is 23.5 Å². The van der Waals surface area contributed by atoms with Crippen LogP contribution in [0.5, 0.6) is 0 Å². The molecule has 0 aromatic heterocycles. The maximum absolute atomic E-state index is 3.63. The van der Waals surface area contributed by atoms with Gasteiger partial charge in [-0.25, -0.2) is 0 Å². The molecule has 0 aliphatic carbocycles. The molecule has 0 N–H and O–H groups in total. The van der Waals surface area contributed by atoms with E-state index in [0.717, 1.165) is 0 Å². The van der Waals surface area contributed by atoms with Gasteiger partial charge in [-0.05, 0) is 6.26 Å². The summed E-state index contributed by atoms with van der Waals surface area (Å²) in [5.41, 5.74) is 0. The third kappa shape index (κ3) is 4.70. The monoisotopic (exact) mass is 121 g/mol. The van der Waals surface area contributed by atoms with E-state index in [1.807, 2.05) is 11.8 Å². The van der Waals surface area contributed by atoms with Crippen LogP contribution in [0.4, 0.5) is 0 Å². The predicted molar refractivity (Wildman–Crippen MR) is 36.2 cm³/mol. The van der Waals surface area contributed by atoms with Crippen LogP contribution in [-0.2, 0) is 0 Å². The van der Waals surface area contributed by atoms with E-state index >= 15 is 0 Å². The lowest BCUT2D eigenvalue weighted by molar-refractivity contribution is 1.56. The Kier molecular flexibility index (Phi) is 6.36. The van der Waals surface area contributed by atoms with Crippen LogP contribution >= 0.6 is 23.5 Å². The first kappa shape index (κ1) is 6.70. The van der Waals surface area contributed by atoms with E-state index in [0.29, 0.717) is 0 Å². The van der Waals surface area contributed by atoms with Crippen molar-refractivity contribution in [3.8, 4) is 0 Å². The van der Waals surface area contributed by atoms with Crippen LogP contribution in [0.25, 0.3) is 0 Å². The minimum absolute atomic E-state index is 1.18. The standard InChI is InChI=1S/C4H9S2/c1-5-3-4-6-2/h1,3-4H2,2H3. The lowest BCUT2D eigenvalue weighted by Crippen LogP contribution is -1.76. The summed E-state index contributed by atoms with van der Waals surface area (Å²) in [5, 5.41) is 0. The van der Waals surface area contributed by atoms with Crippen molar-refractivity contribution in [3.05, 3.63) is 6.26 Å². The van der Waals surface area contributed by atoms with Crippen LogP contribution in [-0.4, -0.2) is 17.8 Å². The molecule has 0 saturated carbocycles. The van der Waals surface area contributed by atoms with Gasteiger partial charge in [0, 0.05) is 17.8 Å². The van der Waals surface area contributed by atoms with Gasteiger partial charge in [0.05, 0.1) is 0 Å². The van der Waals surface area contributed by atoms with Crippen LogP contribution in [0.2, 0.25) is 0 Å². The molecule has 0 fully saturated rings. The zero-order chi connectivity index (χ0) is 4.83. The summed E-state index contributed by atoms with van der Waals surface area (Å²) in [5.74, 6) is 2.41. The van der Waals surface area contributed by atoms with Crippen molar-refractivity contribution < 1.29 is 0 Å². The molecule has 2 heteroatoms. The summed E-state index contributed by atoms with van der Waals surface area (Å²) in [7, 11) is 0. The summed E-state index contributed by atoms with van der Waals surface area (Å²) >= 11 is 3.52. The molecule has 0 aliphatic rings. The third-order valence-corrected chi connectivity index (χ3v) is 1.80. The van der Waals surface area contributed by atoms with Gasteiger partial charge in [-0.3, -0.25) is 0 Å². The summed E-state index contributed by atoms with van der Waals surface area (Å²) in [6, 6.07) is 0. The highest BCUT2D eigenvalue weighted by Gasteiger charge is 1.75. The lowest BCUT2D eigenvalue weighted by Gasteiger charge is -1.86. The fourth-order valence-electron chi connectivity index (χ4n) is 0.142. The molecule has 1 radical (unpaired) electrons. The van der Waals surface area contributed by atoms with E-state index < -0.39 is 0 Å². The minimum atomic E-state index is 1.18.